The summed E-state index contributed by atoms with van der Waals surface area (Å²) in [5.74, 6) is 1.15. The Balaban J connectivity index is 2.06. The molecule has 0 bridgehead atoms. The highest BCUT2D eigenvalue weighted by atomic mass is 16.6. The van der Waals surface area contributed by atoms with Crippen molar-refractivity contribution in [3.63, 3.8) is 0 Å². The molecule has 0 saturated carbocycles. The smallest absolute Gasteiger partial charge is 0.414 e. The van der Waals surface area contributed by atoms with E-state index in [0.29, 0.717) is 22.9 Å². The molecule has 0 atom stereocenters. The van der Waals surface area contributed by atoms with E-state index in [1.165, 1.54) is 11.1 Å². The van der Waals surface area contributed by atoms with Crippen molar-refractivity contribution in [3.8, 4) is 11.5 Å². The first-order chi connectivity index (χ1) is 12.5. The molecule has 4 N–H and O–H groups in total. The first-order valence-corrected chi connectivity index (χ1v) is 8.13. The molecular weight excluding hydrogens is 332 g/mol. The van der Waals surface area contributed by atoms with Crippen LogP contribution in [0, 0.1) is 0 Å². The first kappa shape index (κ1) is 17.3. The van der Waals surface area contributed by atoms with E-state index in [0.717, 1.165) is 10.8 Å². The second kappa shape index (κ2) is 7.18. The Morgan fingerprint density at radius 1 is 1.08 bits per heavy atom. The Morgan fingerprint density at radius 3 is 2.54 bits per heavy atom. The van der Waals surface area contributed by atoms with E-state index in [1.54, 1.807) is 32.2 Å². The molecule has 0 fully saturated rings. The lowest BCUT2D eigenvalue weighted by atomic mass is 10.1. The second-order valence-electron chi connectivity index (χ2n) is 5.60. The molecule has 0 radical (unpaired) electrons. The van der Waals surface area contributed by atoms with E-state index < -0.39 is 6.09 Å². The molecule has 0 spiro atoms. The van der Waals surface area contributed by atoms with E-state index in [9.17, 15) is 4.79 Å². The van der Waals surface area contributed by atoms with Crippen molar-refractivity contribution < 1.29 is 14.3 Å². The van der Waals surface area contributed by atoms with E-state index in [4.69, 9.17) is 20.9 Å². The lowest BCUT2D eigenvalue weighted by Gasteiger charge is -2.21. The predicted octanol–water partition coefficient (Wildman–Crippen LogP) is 3.78. The number of hydrogen-bond acceptors (Lipinski definition) is 6. The van der Waals surface area contributed by atoms with Gasteiger partial charge in [0, 0.05) is 35.8 Å². The van der Waals surface area contributed by atoms with Crippen LogP contribution >= 0.6 is 0 Å². The highest BCUT2D eigenvalue weighted by Gasteiger charge is 2.21. The normalized spacial score (nSPS) is 10.5. The molecule has 0 aliphatic heterocycles. The summed E-state index contributed by atoms with van der Waals surface area (Å²) in [5, 5.41) is 1.74. The zero-order chi connectivity index (χ0) is 18.7. The van der Waals surface area contributed by atoms with Gasteiger partial charge in [0.05, 0.1) is 6.61 Å². The SMILES string of the molecule is CCOC(=O)N(C)c1c(Oc2ccc(N)c3ccccc23)ccnc1N. The van der Waals surface area contributed by atoms with Gasteiger partial charge in [0.15, 0.2) is 11.6 Å². The van der Waals surface area contributed by atoms with Gasteiger partial charge in [-0.3, -0.25) is 4.90 Å². The molecule has 3 aromatic rings. The Bertz CT molecular complexity index is 959. The van der Waals surface area contributed by atoms with Gasteiger partial charge >= 0.3 is 6.09 Å². The number of hydrogen-bond donors (Lipinski definition) is 2. The molecule has 7 nitrogen and oxygen atoms in total. The van der Waals surface area contributed by atoms with E-state index in [2.05, 4.69) is 4.98 Å². The minimum absolute atomic E-state index is 0.165. The van der Waals surface area contributed by atoms with Gasteiger partial charge < -0.3 is 20.9 Å². The fourth-order valence-electron chi connectivity index (χ4n) is 2.68. The number of rotatable bonds is 4. The number of benzene rings is 2. The average Bonchev–Trinajstić information content (AvgIpc) is 2.64. The Hall–Kier alpha value is -3.48. The number of anilines is 3. The first-order valence-electron chi connectivity index (χ1n) is 8.13. The van der Waals surface area contributed by atoms with Gasteiger partial charge in [-0.25, -0.2) is 9.78 Å². The zero-order valence-corrected chi connectivity index (χ0v) is 14.6. The monoisotopic (exact) mass is 352 g/mol. The molecule has 1 aromatic heterocycles. The molecule has 134 valence electrons. The van der Waals surface area contributed by atoms with Gasteiger partial charge in [0.2, 0.25) is 0 Å². The van der Waals surface area contributed by atoms with Crippen molar-refractivity contribution in [1.82, 2.24) is 4.98 Å². The number of carbonyl (C=O) groups is 1. The minimum Gasteiger partial charge on any atom is -0.454 e. The maximum absolute atomic E-state index is 12.1. The molecule has 0 aliphatic carbocycles. The number of fused-ring (bicyclic) bond motifs is 1. The number of nitrogens with zero attached hydrogens (tertiary/aromatic N) is 2. The topological polar surface area (TPSA) is 104 Å². The third-order valence-corrected chi connectivity index (χ3v) is 3.93. The Labute approximate surface area is 151 Å². The van der Waals surface area contributed by atoms with Crippen molar-refractivity contribution in [2.24, 2.45) is 0 Å². The largest absolute Gasteiger partial charge is 0.454 e. The number of nitrogens with two attached hydrogens (primary N) is 2. The molecule has 7 heteroatoms. The van der Waals surface area contributed by atoms with Gasteiger partial charge in [-0.2, -0.15) is 0 Å². The van der Waals surface area contributed by atoms with Crippen LogP contribution in [-0.4, -0.2) is 24.7 Å². The number of ether oxygens (including phenoxy) is 2. The highest BCUT2D eigenvalue weighted by Crippen LogP contribution is 2.39. The van der Waals surface area contributed by atoms with Gasteiger partial charge in [-0.05, 0) is 19.1 Å². The molecular formula is C19H20N4O3. The summed E-state index contributed by atoms with van der Waals surface area (Å²) in [5.41, 5.74) is 13.0. The van der Waals surface area contributed by atoms with Crippen LogP contribution in [0.25, 0.3) is 10.8 Å². The fraction of sp³-hybridized carbons (Fsp3) is 0.158. The van der Waals surface area contributed by atoms with Crippen LogP contribution in [0.2, 0.25) is 0 Å². The van der Waals surface area contributed by atoms with Crippen molar-refractivity contribution in [2.45, 2.75) is 6.92 Å². The highest BCUT2D eigenvalue weighted by molar-refractivity contribution is 5.98. The van der Waals surface area contributed by atoms with Crippen molar-refractivity contribution >= 4 is 34.1 Å². The van der Waals surface area contributed by atoms with Gasteiger partial charge in [-0.1, -0.05) is 24.3 Å². The maximum Gasteiger partial charge on any atom is 0.414 e. The summed E-state index contributed by atoms with van der Waals surface area (Å²) in [4.78, 5) is 17.4. The lowest BCUT2D eigenvalue weighted by Crippen LogP contribution is -2.28. The quantitative estimate of drug-likeness (QED) is 0.693. The van der Waals surface area contributed by atoms with Crippen molar-refractivity contribution in [2.75, 3.05) is 30.0 Å². The number of aromatic nitrogens is 1. The second-order valence-corrected chi connectivity index (χ2v) is 5.60. The minimum atomic E-state index is -0.542. The summed E-state index contributed by atoms with van der Waals surface area (Å²) in [6.45, 7) is 1.98. The molecule has 26 heavy (non-hydrogen) atoms. The number of carbonyl (C=O) groups excluding carboxylic acids is 1. The summed E-state index contributed by atoms with van der Waals surface area (Å²) < 4.78 is 11.1. The van der Waals surface area contributed by atoms with Crippen LogP contribution in [-0.2, 0) is 4.74 Å². The number of nitrogen functional groups attached to an aromatic ring is 2. The van der Waals surface area contributed by atoms with E-state index >= 15 is 0 Å². The van der Waals surface area contributed by atoms with Crippen molar-refractivity contribution in [1.29, 1.82) is 0 Å². The lowest BCUT2D eigenvalue weighted by molar-refractivity contribution is 0.161. The summed E-state index contributed by atoms with van der Waals surface area (Å²) >= 11 is 0. The molecule has 0 unspecified atom stereocenters. The molecule has 1 amide bonds. The Morgan fingerprint density at radius 2 is 1.81 bits per heavy atom. The molecule has 2 aromatic carbocycles. The average molecular weight is 352 g/mol. The molecule has 0 aliphatic rings. The van der Waals surface area contributed by atoms with E-state index in [-0.39, 0.29) is 12.4 Å². The third kappa shape index (κ3) is 3.19. The van der Waals surface area contributed by atoms with Crippen LogP contribution in [0.4, 0.5) is 22.0 Å². The predicted molar refractivity (Wildman–Crippen MR) is 103 cm³/mol. The zero-order valence-electron chi connectivity index (χ0n) is 14.6. The van der Waals surface area contributed by atoms with Crippen LogP contribution in [0.1, 0.15) is 6.92 Å². The summed E-state index contributed by atoms with van der Waals surface area (Å²) in [6, 6.07) is 12.9. The van der Waals surface area contributed by atoms with E-state index in [1.807, 2.05) is 24.3 Å². The van der Waals surface area contributed by atoms with Gasteiger partial charge in [-0.15, -0.1) is 0 Å². The summed E-state index contributed by atoms with van der Waals surface area (Å²) in [7, 11) is 1.55. The van der Waals surface area contributed by atoms with Gasteiger partial charge in [0.25, 0.3) is 0 Å². The van der Waals surface area contributed by atoms with Crippen LogP contribution in [0.15, 0.2) is 48.7 Å². The standard InChI is InChI=1S/C19H20N4O3/c1-3-25-19(24)23(2)17-16(10-11-22-18(17)21)26-15-9-8-14(20)12-6-4-5-7-13(12)15/h4-11H,3,20H2,1-2H3,(H2,21,22). The van der Waals surface area contributed by atoms with Crippen LogP contribution in [0.3, 0.4) is 0 Å². The third-order valence-electron chi connectivity index (χ3n) is 3.93. The Kier molecular flexibility index (Phi) is 4.79. The number of pyridine rings is 1. The molecule has 3 rings (SSSR count). The maximum atomic E-state index is 12.1. The van der Waals surface area contributed by atoms with Crippen molar-refractivity contribution in [3.05, 3.63) is 48.7 Å². The molecule has 1 heterocycles. The number of amides is 1. The summed E-state index contributed by atoms with van der Waals surface area (Å²) in [6.07, 6.45) is 0.978. The van der Waals surface area contributed by atoms with Crippen LogP contribution < -0.4 is 21.1 Å². The molecule has 0 saturated heterocycles. The fourth-order valence-corrected chi connectivity index (χ4v) is 2.68. The van der Waals surface area contributed by atoms with Gasteiger partial charge in [0.1, 0.15) is 11.4 Å². The van der Waals surface area contributed by atoms with Crippen LogP contribution in [0.5, 0.6) is 11.5 Å².